The fourth-order valence-corrected chi connectivity index (χ4v) is 9.10. The van der Waals surface area contributed by atoms with E-state index in [9.17, 15) is 4.79 Å². The normalized spacial score (nSPS) is 41.6. The number of allylic oxidation sites excluding steroid dienone is 3. The van der Waals surface area contributed by atoms with Crippen LogP contribution in [0.4, 0.5) is 0 Å². The Hall–Kier alpha value is -1.05. The Morgan fingerprint density at radius 3 is 2.55 bits per heavy atom. The molecule has 186 valence electrons. The number of hydrogen-bond donors (Lipinski definition) is 0. The fourth-order valence-electron chi connectivity index (χ4n) is 9.10. The van der Waals surface area contributed by atoms with E-state index in [0.29, 0.717) is 10.8 Å². The predicted octanol–water partition coefficient (Wildman–Crippen LogP) is 8.52. The zero-order valence-electron chi connectivity index (χ0n) is 22.6. The van der Waals surface area contributed by atoms with E-state index < -0.39 is 0 Å². The molecular formula is C31H50O2. The van der Waals surface area contributed by atoms with E-state index in [-0.39, 0.29) is 12.1 Å². The van der Waals surface area contributed by atoms with Crippen molar-refractivity contribution in [2.75, 3.05) is 0 Å². The molecule has 4 aliphatic rings. The molecule has 8 unspecified atom stereocenters. The third-order valence-corrected chi connectivity index (χ3v) is 11.2. The van der Waals surface area contributed by atoms with Crippen LogP contribution < -0.4 is 0 Å². The number of carbonyl (C=O) groups is 1. The monoisotopic (exact) mass is 454 g/mol. The van der Waals surface area contributed by atoms with E-state index in [1.807, 2.05) is 0 Å². The SMILES string of the molecule is CCC(CC=C(C)C1CCC2C3CC=C4CC(OC(C)=O)CCC4(C)C3CCC12C)C(C)C. The van der Waals surface area contributed by atoms with E-state index in [2.05, 4.69) is 53.7 Å². The molecule has 0 radical (unpaired) electrons. The first-order valence-corrected chi connectivity index (χ1v) is 14.1. The number of carbonyl (C=O) groups excluding carboxylic acids is 1. The first kappa shape index (κ1) is 25.1. The molecule has 0 aliphatic heterocycles. The first-order chi connectivity index (χ1) is 15.6. The molecule has 0 aromatic rings. The summed E-state index contributed by atoms with van der Waals surface area (Å²) in [6.45, 7) is 16.3. The highest BCUT2D eigenvalue weighted by Gasteiger charge is 2.58. The lowest BCUT2D eigenvalue weighted by Crippen LogP contribution is -2.50. The third-order valence-electron chi connectivity index (χ3n) is 11.2. The summed E-state index contributed by atoms with van der Waals surface area (Å²) in [6, 6.07) is 0. The van der Waals surface area contributed by atoms with Gasteiger partial charge in [0.15, 0.2) is 0 Å². The van der Waals surface area contributed by atoms with E-state index in [1.165, 1.54) is 51.4 Å². The molecule has 3 fully saturated rings. The molecule has 0 heterocycles. The van der Waals surface area contributed by atoms with Crippen LogP contribution in [0.25, 0.3) is 0 Å². The predicted molar refractivity (Wildman–Crippen MR) is 138 cm³/mol. The van der Waals surface area contributed by atoms with Crippen LogP contribution in [0.2, 0.25) is 0 Å². The van der Waals surface area contributed by atoms with Gasteiger partial charge in [-0.3, -0.25) is 4.79 Å². The topological polar surface area (TPSA) is 26.3 Å². The van der Waals surface area contributed by atoms with Crippen molar-refractivity contribution >= 4 is 5.97 Å². The third kappa shape index (κ3) is 4.50. The second-order valence-corrected chi connectivity index (χ2v) is 13.0. The second-order valence-electron chi connectivity index (χ2n) is 13.0. The van der Waals surface area contributed by atoms with Gasteiger partial charge < -0.3 is 4.74 Å². The Kier molecular flexibility index (Phi) is 7.24. The largest absolute Gasteiger partial charge is 0.462 e. The number of rotatable bonds is 6. The Labute approximate surface area is 204 Å². The Morgan fingerprint density at radius 2 is 1.88 bits per heavy atom. The summed E-state index contributed by atoms with van der Waals surface area (Å²) >= 11 is 0. The lowest BCUT2D eigenvalue weighted by Gasteiger charge is -2.58. The molecule has 0 bridgehead atoms. The summed E-state index contributed by atoms with van der Waals surface area (Å²) in [5.74, 6) is 4.81. The summed E-state index contributed by atoms with van der Waals surface area (Å²) < 4.78 is 5.62. The van der Waals surface area contributed by atoms with Crippen LogP contribution in [0, 0.1) is 46.3 Å². The zero-order valence-corrected chi connectivity index (χ0v) is 22.6. The summed E-state index contributed by atoms with van der Waals surface area (Å²) in [5, 5.41) is 0. The van der Waals surface area contributed by atoms with Crippen LogP contribution in [0.1, 0.15) is 113 Å². The molecule has 2 nitrogen and oxygen atoms in total. The Balaban J connectivity index is 1.50. The number of fused-ring (bicyclic) bond motifs is 5. The van der Waals surface area contributed by atoms with Crippen LogP contribution in [-0.2, 0) is 9.53 Å². The van der Waals surface area contributed by atoms with Gasteiger partial charge in [0, 0.05) is 13.3 Å². The van der Waals surface area contributed by atoms with Gasteiger partial charge in [-0.15, -0.1) is 0 Å². The highest BCUT2D eigenvalue weighted by molar-refractivity contribution is 5.66. The van der Waals surface area contributed by atoms with Crippen molar-refractivity contribution in [3.05, 3.63) is 23.3 Å². The van der Waals surface area contributed by atoms with Gasteiger partial charge in [-0.25, -0.2) is 0 Å². The van der Waals surface area contributed by atoms with Crippen molar-refractivity contribution < 1.29 is 9.53 Å². The van der Waals surface area contributed by atoms with Crippen LogP contribution in [0.5, 0.6) is 0 Å². The lowest BCUT2D eigenvalue weighted by atomic mass is 9.47. The molecule has 0 spiro atoms. The van der Waals surface area contributed by atoms with Crippen molar-refractivity contribution in [2.24, 2.45) is 46.3 Å². The average Bonchev–Trinajstić information content (AvgIpc) is 3.11. The Morgan fingerprint density at radius 1 is 1.12 bits per heavy atom. The number of esters is 1. The first-order valence-electron chi connectivity index (χ1n) is 14.1. The maximum absolute atomic E-state index is 11.5. The van der Waals surface area contributed by atoms with Crippen LogP contribution in [0.3, 0.4) is 0 Å². The van der Waals surface area contributed by atoms with Gasteiger partial charge in [0.25, 0.3) is 0 Å². The zero-order chi connectivity index (χ0) is 24.0. The molecule has 0 aromatic carbocycles. The lowest BCUT2D eigenvalue weighted by molar-refractivity contribution is -0.148. The van der Waals surface area contributed by atoms with Gasteiger partial charge in [0.1, 0.15) is 6.10 Å². The molecule has 4 rings (SSSR count). The minimum atomic E-state index is -0.120. The van der Waals surface area contributed by atoms with Gasteiger partial charge in [0.2, 0.25) is 0 Å². The van der Waals surface area contributed by atoms with Gasteiger partial charge >= 0.3 is 5.97 Å². The molecule has 0 aromatic heterocycles. The smallest absolute Gasteiger partial charge is 0.302 e. The van der Waals surface area contributed by atoms with E-state index in [0.717, 1.165) is 48.3 Å². The molecule has 0 amide bonds. The molecular weight excluding hydrogens is 404 g/mol. The molecule has 33 heavy (non-hydrogen) atoms. The van der Waals surface area contributed by atoms with Crippen molar-refractivity contribution in [3.8, 4) is 0 Å². The summed E-state index contributed by atoms with van der Waals surface area (Å²) in [5.41, 5.74) is 4.11. The van der Waals surface area contributed by atoms with Gasteiger partial charge in [0.05, 0.1) is 0 Å². The van der Waals surface area contributed by atoms with Crippen molar-refractivity contribution in [1.82, 2.24) is 0 Å². The maximum Gasteiger partial charge on any atom is 0.302 e. The van der Waals surface area contributed by atoms with Gasteiger partial charge in [-0.05, 0) is 105 Å². The van der Waals surface area contributed by atoms with Gasteiger partial charge in [-0.2, -0.15) is 0 Å². The van der Waals surface area contributed by atoms with E-state index >= 15 is 0 Å². The minimum Gasteiger partial charge on any atom is -0.462 e. The highest BCUT2D eigenvalue weighted by Crippen LogP contribution is 2.67. The molecule has 2 heteroatoms. The van der Waals surface area contributed by atoms with Crippen molar-refractivity contribution in [1.29, 1.82) is 0 Å². The molecule has 0 N–H and O–H groups in total. The molecule has 0 saturated heterocycles. The van der Waals surface area contributed by atoms with Gasteiger partial charge in [-0.1, -0.05) is 64.3 Å². The van der Waals surface area contributed by atoms with Crippen LogP contribution in [0.15, 0.2) is 23.3 Å². The molecule has 8 atom stereocenters. The second kappa shape index (κ2) is 9.54. The fraction of sp³-hybridized carbons (Fsp3) is 0.839. The van der Waals surface area contributed by atoms with E-state index in [1.54, 1.807) is 18.1 Å². The van der Waals surface area contributed by atoms with E-state index in [4.69, 9.17) is 4.74 Å². The highest BCUT2D eigenvalue weighted by atomic mass is 16.5. The average molecular weight is 455 g/mol. The molecule has 4 aliphatic carbocycles. The van der Waals surface area contributed by atoms with Crippen LogP contribution in [-0.4, -0.2) is 12.1 Å². The maximum atomic E-state index is 11.5. The van der Waals surface area contributed by atoms with Crippen molar-refractivity contribution in [2.45, 2.75) is 119 Å². The Bertz CT molecular complexity index is 791. The van der Waals surface area contributed by atoms with Crippen LogP contribution >= 0.6 is 0 Å². The standard InChI is InChI=1S/C31H50O2/c1-8-23(20(2)3)10-9-21(4)27-13-14-28-26-12-11-24-19-25(33-22(5)32)15-17-30(24,6)29(26)16-18-31(27,28)7/h9,11,20,23,25-29H,8,10,12-19H2,1-7H3. The molecule has 3 saturated carbocycles. The number of hydrogen-bond acceptors (Lipinski definition) is 2. The quantitative estimate of drug-likeness (QED) is 0.297. The summed E-state index contributed by atoms with van der Waals surface area (Å²) in [4.78, 5) is 11.5. The van der Waals surface area contributed by atoms with Crippen molar-refractivity contribution in [3.63, 3.8) is 0 Å². The summed E-state index contributed by atoms with van der Waals surface area (Å²) in [6.07, 6.45) is 17.9. The summed E-state index contributed by atoms with van der Waals surface area (Å²) in [7, 11) is 0. The number of ether oxygens (including phenoxy) is 1. The minimum absolute atomic E-state index is 0.105.